The van der Waals surface area contributed by atoms with Crippen molar-refractivity contribution in [3.63, 3.8) is 0 Å². The molecule has 0 saturated heterocycles. The highest BCUT2D eigenvalue weighted by Crippen LogP contribution is 2.37. The molecule has 1 fully saturated rings. The van der Waals surface area contributed by atoms with E-state index in [1.807, 2.05) is 4.90 Å². The standard InChI is InChI=1S/C15H21F3N2O/c1-19-10-11-3-4-13(9-14(11)15(16,17)18)20(7-8-21-2)12-5-6-12/h3-4,9,12,19H,5-8,10H2,1-2H3. The van der Waals surface area contributed by atoms with E-state index in [0.29, 0.717) is 24.9 Å². The fourth-order valence-corrected chi connectivity index (χ4v) is 2.45. The van der Waals surface area contributed by atoms with Gasteiger partial charge in [0.25, 0.3) is 0 Å². The molecule has 1 aromatic rings. The zero-order valence-electron chi connectivity index (χ0n) is 12.3. The van der Waals surface area contributed by atoms with Gasteiger partial charge in [-0.2, -0.15) is 13.2 Å². The van der Waals surface area contributed by atoms with Crippen LogP contribution in [0.5, 0.6) is 0 Å². The molecule has 1 saturated carbocycles. The van der Waals surface area contributed by atoms with Crippen LogP contribution in [0.25, 0.3) is 0 Å². The van der Waals surface area contributed by atoms with Crippen molar-refractivity contribution in [2.24, 2.45) is 0 Å². The molecular weight excluding hydrogens is 281 g/mol. The Hall–Kier alpha value is -1.27. The number of ether oxygens (including phenoxy) is 1. The van der Waals surface area contributed by atoms with E-state index in [1.165, 1.54) is 6.07 Å². The third-order valence-electron chi connectivity index (χ3n) is 3.62. The first-order valence-electron chi connectivity index (χ1n) is 7.07. The van der Waals surface area contributed by atoms with Crippen molar-refractivity contribution in [1.82, 2.24) is 5.32 Å². The molecule has 21 heavy (non-hydrogen) atoms. The van der Waals surface area contributed by atoms with Gasteiger partial charge in [0.1, 0.15) is 0 Å². The van der Waals surface area contributed by atoms with Crippen LogP contribution in [0.4, 0.5) is 18.9 Å². The normalized spacial score (nSPS) is 15.3. The Morgan fingerprint density at radius 3 is 2.57 bits per heavy atom. The van der Waals surface area contributed by atoms with Crippen LogP contribution in [-0.2, 0) is 17.5 Å². The number of benzene rings is 1. The Kier molecular flexibility index (Phi) is 5.11. The highest BCUT2D eigenvalue weighted by Gasteiger charge is 2.35. The first-order chi connectivity index (χ1) is 9.97. The van der Waals surface area contributed by atoms with Crippen LogP contribution in [0.15, 0.2) is 18.2 Å². The van der Waals surface area contributed by atoms with Gasteiger partial charge < -0.3 is 15.0 Å². The first kappa shape index (κ1) is 16.1. The van der Waals surface area contributed by atoms with Gasteiger partial charge in [-0.05, 0) is 37.6 Å². The quantitative estimate of drug-likeness (QED) is 0.838. The van der Waals surface area contributed by atoms with Gasteiger partial charge in [-0.25, -0.2) is 0 Å². The van der Waals surface area contributed by atoms with Crippen molar-refractivity contribution in [2.45, 2.75) is 31.6 Å². The Morgan fingerprint density at radius 2 is 2.05 bits per heavy atom. The maximum Gasteiger partial charge on any atom is 0.416 e. The minimum Gasteiger partial charge on any atom is -0.383 e. The Bertz CT molecular complexity index is 472. The van der Waals surface area contributed by atoms with Gasteiger partial charge in [0.15, 0.2) is 0 Å². The molecule has 0 amide bonds. The van der Waals surface area contributed by atoms with E-state index in [9.17, 15) is 13.2 Å². The fraction of sp³-hybridized carbons (Fsp3) is 0.600. The Labute approximate surface area is 123 Å². The van der Waals surface area contributed by atoms with Crippen LogP contribution in [-0.4, -0.2) is 33.4 Å². The second-order valence-corrected chi connectivity index (χ2v) is 5.29. The number of nitrogens with zero attached hydrogens (tertiary/aromatic N) is 1. The molecule has 0 spiro atoms. The van der Waals surface area contributed by atoms with Gasteiger partial charge in [0.2, 0.25) is 0 Å². The summed E-state index contributed by atoms with van der Waals surface area (Å²) in [6.07, 6.45) is -2.27. The van der Waals surface area contributed by atoms with Gasteiger partial charge in [-0.15, -0.1) is 0 Å². The Morgan fingerprint density at radius 1 is 1.33 bits per heavy atom. The average molecular weight is 302 g/mol. The monoisotopic (exact) mass is 302 g/mol. The molecule has 0 aliphatic heterocycles. The largest absolute Gasteiger partial charge is 0.416 e. The fourth-order valence-electron chi connectivity index (χ4n) is 2.45. The molecular formula is C15H21F3N2O. The van der Waals surface area contributed by atoms with E-state index in [2.05, 4.69) is 5.32 Å². The van der Waals surface area contributed by atoms with Crippen LogP contribution < -0.4 is 10.2 Å². The minimum absolute atomic E-state index is 0.205. The van der Waals surface area contributed by atoms with Crippen molar-refractivity contribution in [2.75, 3.05) is 32.2 Å². The molecule has 0 atom stereocenters. The number of nitrogens with one attached hydrogen (secondary N) is 1. The minimum atomic E-state index is -4.33. The maximum atomic E-state index is 13.2. The molecule has 1 aliphatic rings. The molecule has 1 aliphatic carbocycles. The lowest BCUT2D eigenvalue weighted by Crippen LogP contribution is -2.30. The highest BCUT2D eigenvalue weighted by atomic mass is 19.4. The van der Waals surface area contributed by atoms with Crippen LogP contribution in [0.3, 0.4) is 0 Å². The summed E-state index contributed by atoms with van der Waals surface area (Å²) in [6, 6.07) is 4.95. The van der Waals surface area contributed by atoms with Crippen molar-refractivity contribution in [3.05, 3.63) is 29.3 Å². The molecule has 0 bridgehead atoms. The molecule has 1 aromatic carbocycles. The van der Waals surface area contributed by atoms with Crippen molar-refractivity contribution >= 4 is 5.69 Å². The van der Waals surface area contributed by atoms with E-state index < -0.39 is 11.7 Å². The lowest BCUT2D eigenvalue weighted by atomic mass is 10.1. The summed E-state index contributed by atoms with van der Waals surface area (Å²) in [6.45, 7) is 1.33. The predicted molar refractivity (Wildman–Crippen MR) is 76.5 cm³/mol. The smallest absolute Gasteiger partial charge is 0.383 e. The van der Waals surface area contributed by atoms with Crippen molar-refractivity contribution < 1.29 is 17.9 Å². The van der Waals surface area contributed by atoms with Crippen molar-refractivity contribution in [1.29, 1.82) is 0 Å². The molecule has 0 aromatic heterocycles. The number of halogens is 3. The highest BCUT2D eigenvalue weighted by molar-refractivity contribution is 5.53. The van der Waals surface area contributed by atoms with Crippen LogP contribution in [0, 0.1) is 0 Å². The van der Waals surface area contributed by atoms with Gasteiger partial charge in [-0.1, -0.05) is 6.07 Å². The summed E-state index contributed by atoms with van der Waals surface area (Å²) in [5.41, 5.74) is 0.343. The van der Waals surface area contributed by atoms with E-state index in [4.69, 9.17) is 4.74 Å². The predicted octanol–water partition coefficient (Wildman–Crippen LogP) is 3.04. The third-order valence-corrected chi connectivity index (χ3v) is 3.62. The number of methoxy groups -OCH3 is 1. The number of hydrogen-bond acceptors (Lipinski definition) is 3. The second kappa shape index (κ2) is 6.66. The molecule has 1 N–H and O–H groups in total. The molecule has 6 heteroatoms. The number of hydrogen-bond donors (Lipinski definition) is 1. The number of anilines is 1. The van der Waals surface area contributed by atoms with Gasteiger partial charge in [-0.3, -0.25) is 0 Å². The summed E-state index contributed by atoms with van der Waals surface area (Å²) in [5, 5.41) is 2.78. The lowest BCUT2D eigenvalue weighted by molar-refractivity contribution is -0.138. The summed E-state index contributed by atoms with van der Waals surface area (Å²) in [5.74, 6) is 0. The van der Waals surface area contributed by atoms with Crippen molar-refractivity contribution in [3.8, 4) is 0 Å². The van der Waals surface area contributed by atoms with E-state index >= 15 is 0 Å². The van der Waals surface area contributed by atoms with E-state index in [1.54, 1.807) is 26.3 Å². The summed E-state index contributed by atoms with van der Waals surface area (Å²) in [7, 11) is 3.24. The summed E-state index contributed by atoms with van der Waals surface area (Å²) < 4.78 is 44.7. The molecule has 0 radical (unpaired) electrons. The van der Waals surface area contributed by atoms with Crippen LogP contribution in [0.1, 0.15) is 24.0 Å². The lowest BCUT2D eigenvalue weighted by Gasteiger charge is -2.26. The van der Waals surface area contributed by atoms with Crippen LogP contribution in [0.2, 0.25) is 0 Å². The molecule has 3 nitrogen and oxygen atoms in total. The number of rotatable bonds is 7. The van der Waals surface area contributed by atoms with Gasteiger partial charge in [0, 0.05) is 31.9 Å². The van der Waals surface area contributed by atoms with E-state index in [0.717, 1.165) is 12.8 Å². The second-order valence-electron chi connectivity index (χ2n) is 5.29. The molecule has 0 heterocycles. The topological polar surface area (TPSA) is 24.5 Å². The summed E-state index contributed by atoms with van der Waals surface area (Å²) in [4.78, 5) is 2.02. The first-order valence-corrected chi connectivity index (χ1v) is 7.07. The number of alkyl halides is 3. The summed E-state index contributed by atoms with van der Waals surface area (Å²) >= 11 is 0. The third kappa shape index (κ3) is 4.11. The zero-order valence-corrected chi connectivity index (χ0v) is 12.3. The molecule has 2 rings (SSSR count). The Balaban J connectivity index is 2.30. The maximum absolute atomic E-state index is 13.2. The van der Waals surface area contributed by atoms with Crippen LogP contribution >= 0.6 is 0 Å². The molecule has 0 unspecified atom stereocenters. The van der Waals surface area contributed by atoms with Gasteiger partial charge in [0.05, 0.1) is 12.2 Å². The van der Waals surface area contributed by atoms with Gasteiger partial charge >= 0.3 is 6.18 Å². The SMILES string of the molecule is CNCc1ccc(N(CCOC)C2CC2)cc1C(F)(F)F. The average Bonchev–Trinajstić information content (AvgIpc) is 3.24. The van der Waals surface area contributed by atoms with E-state index in [-0.39, 0.29) is 12.1 Å². The zero-order chi connectivity index (χ0) is 15.5. The molecule has 118 valence electrons.